The molecule has 0 bridgehead atoms. The van der Waals surface area contributed by atoms with Gasteiger partial charge in [0.15, 0.2) is 0 Å². The number of hydrogen-bond acceptors (Lipinski definition) is 4. The van der Waals surface area contributed by atoms with E-state index in [9.17, 15) is 0 Å². The summed E-state index contributed by atoms with van der Waals surface area (Å²) in [5, 5.41) is 8.69. The van der Waals surface area contributed by atoms with E-state index in [0.29, 0.717) is 0 Å². The van der Waals surface area contributed by atoms with Gasteiger partial charge in [-0.15, -0.1) is 11.3 Å². The summed E-state index contributed by atoms with van der Waals surface area (Å²) in [6.45, 7) is 3.89. The van der Waals surface area contributed by atoms with Crippen LogP contribution in [0.25, 0.3) is 0 Å². The maximum absolute atomic E-state index is 4.51. The third-order valence-corrected chi connectivity index (χ3v) is 4.35. The van der Waals surface area contributed by atoms with Crippen LogP contribution in [-0.2, 0) is 6.54 Å². The minimum absolute atomic E-state index is 0.794. The zero-order valence-electron chi connectivity index (χ0n) is 10.2. The van der Waals surface area contributed by atoms with Gasteiger partial charge in [-0.1, -0.05) is 13.0 Å². The van der Waals surface area contributed by atoms with E-state index in [0.717, 1.165) is 35.6 Å². The number of pyridine rings is 1. The predicted octanol–water partition coefficient (Wildman–Crippen LogP) is 4.34. The maximum atomic E-state index is 4.51. The monoisotopic (exact) mass is 325 g/mol. The number of aromatic nitrogens is 1. The summed E-state index contributed by atoms with van der Waals surface area (Å²) in [7, 11) is 0. The Morgan fingerprint density at radius 3 is 2.67 bits per heavy atom. The Hall–Kier alpha value is -1.07. The van der Waals surface area contributed by atoms with E-state index in [-0.39, 0.29) is 0 Å². The molecule has 0 saturated heterocycles. The molecule has 96 valence electrons. The SMILES string of the molecule is CCCNc1cccc(NCc2sccc2Br)n1. The zero-order valence-corrected chi connectivity index (χ0v) is 12.6. The Kier molecular flexibility index (Phi) is 5.01. The van der Waals surface area contributed by atoms with Gasteiger partial charge in [0.05, 0.1) is 6.54 Å². The second-order valence-electron chi connectivity index (χ2n) is 3.88. The van der Waals surface area contributed by atoms with E-state index in [4.69, 9.17) is 0 Å². The topological polar surface area (TPSA) is 37.0 Å². The van der Waals surface area contributed by atoms with Gasteiger partial charge in [0, 0.05) is 15.9 Å². The number of nitrogens with one attached hydrogen (secondary N) is 2. The van der Waals surface area contributed by atoms with Gasteiger partial charge in [0.1, 0.15) is 11.6 Å². The van der Waals surface area contributed by atoms with E-state index >= 15 is 0 Å². The molecule has 0 saturated carbocycles. The molecule has 0 fully saturated rings. The van der Waals surface area contributed by atoms with Crippen LogP contribution < -0.4 is 10.6 Å². The lowest BCUT2D eigenvalue weighted by Crippen LogP contribution is -2.05. The molecule has 2 aromatic heterocycles. The van der Waals surface area contributed by atoms with Gasteiger partial charge in [-0.3, -0.25) is 0 Å². The maximum Gasteiger partial charge on any atom is 0.128 e. The van der Waals surface area contributed by atoms with Crippen LogP contribution in [0, 0.1) is 0 Å². The van der Waals surface area contributed by atoms with Crippen molar-refractivity contribution in [3.8, 4) is 0 Å². The highest BCUT2D eigenvalue weighted by Crippen LogP contribution is 2.23. The minimum atomic E-state index is 0.794. The minimum Gasteiger partial charge on any atom is -0.370 e. The molecule has 0 aliphatic rings. The standard InChI is InChI=1S/C13H16BrN3S/c1-2-7-15-12-4-3-5-13(17-12)16-9-11-10(14)6-8-18-11/h3-6,8H,2,7,9H2,1H3,(H2,15,16,17). The number of nitrogens with zero attached hydrogens (tertiary/aromatic N) is 1. The molecule has 0 radical (unpaired) electrons. The van der Waals surface area contributed by atoms with Crippen molar-refractivity contribution in [3.05, 3.63) is 39.0 Å². The molecule has 0 amide bonds. The molecule has 2 aromatic rings. The van der Waals surface area contributed by atoms with Crippen molar-refractivity contribution >= 4 is 38.9 Å². The second-order valence-corrected chi connectivity index (χ2v) is 5.74. The first-order chi connectivity index (χ1) is 8.79. The molecule has 5 heteroatoms. The first kappa shape index (κ1) is 13.4. The van der Waals surface area contributed by atoms with Crippen LogP contribution in [0.2, 0.25) is 0 Å². The van der Waals surface area contributed by atoms with Crippen LogP contribution in [0.15, 0.2) is 34.1 Å². The molecule has 0 unspecified atom stereocenters. The van der Waals surface area contributed by atoms with Crippen LogP contribution in [0.4, 0.5) is 11.6 Å². The molecule has 3 nitrogen and oxygen atoms in total. The van der Waals surface area contributed by atoms with Crippen molar-refractivity contribution in [1.29, 1.82) is 0 Å². The summed E-state index contributed by atoms with van der Waals surface area (Å²) < 4.78 is 1.15. The molecule has 2 heterocycles. The number of halogens is 1. The van der Waals surface area contributed by atoms with Gasteiger partial charge in [0.2, 0.25) is 0 Å². The first-order valence-corrected chi connectivity index (χ1v) is 7.63. The highest BCUT2D eigenvalue weighted by Gasteiger charge is 2.02. The van der Waals surface area contributed by atoms with Gasteiger partial charge in [0.25, 0.3) is 0 Å². The fraction of sp³-hybridized carbons (Fsp3) is 0.308. The van der Waals surface area contributed by atoms with Crippen LogP contribution in [-0.4, -0.2) is 11.5 Å². The van der Waals surface area contributed by atoms with E-state index < -0.39 is 0 Å². The van der Waals surface area contributed by atoms with Crippen molar-refractivity contribution in [2.45, 2.75) is 19.9 Å². The molecule has 0 aliphatic heterocycles. The Morgan fingerprint density at radius 1 is 1.22 bits per heavy atom. The van der Waals surface area contributed by atoms with Crippen molar-refractivity contribution in [1.82, 2.24) is 4.98 Å². The average Bonchev–Trinajstić information content (AvgIpc) is 2.80. The molecule has 0 spiro atoms. The molecule has 18 heavy (non-hydrogen) atoms. The summed E-state index contributed by atoms with van der Waals surface area (Å²) in [6.07, 6.45) is 1.10. The van der Waals surface area contributed by atoms with Crippen molar-refractivity contribution in [2.24, 2.45) is 0 Å². The molecule has 2 N–H and O–H groups in total. The Morgan fingerprint density at radius 2 is 2.00 bits per heavy atom. The lowest BCUT2D eigenvalue weighted by Gasteiger charge is -2.08. The smallest absolute Gasteiger partial charge is 0.128 e. The van der Waals surface area contributed by atoms with Gasteiger partial charge in [-0.2, -0.15) is 0 Å². The van der Waals surface area contributed by atoms with Crippen LogP contribution in [0.1, 0.15) is 18.2 Å². The van der Waals surface area contributed by atoms with Gasteiger partial charge < -0.3 is 10.6 Å². The van der Waals surface area contributed by atoms with E-state index in [1.165, 1.54) is 4.88 Å². The van der Waals surface area contributed by atoms with Gasteiger partial charge in [-0.05, 0) is 45.9 Å². The number of anilines is 2. The normalized spacial score (nSPS) is 10.3. The number of thiophene rings is 1. The van der Waals surface area contributed by atoms with Crippen molar-refractivity contribution in [3.63, 3.8) is 0 Å². The quantitative estimate of drug-likeness (QED) is 0.829. The lowest BCUT2D eigenvalue weighted by atomic mass is 10.4. The second kappa shape index (κ2) is 6.75. The molecule has 2 rings (SSSR count). The third kappa shape index (κ3) is 3.71. The summed E-state index contributed by atoms with van der Waals surface area (Å²) in [5.74, 6) is 1.82. The largest absolute Gasteiger partial charge is 0.370 e. The average molecular weight is 326 g/mol. The molecule has 0 aliphatic carbocycles. The highest BCUT2D eigenvalue weighted by molar-refractivity contribution is 9.10. The fourth-order valence-corrected chi connectivity index (χ4v) is 2.94. The molecular weight excluding hydrogens is 310 g/mol. The summed E-state index contributed by atoms with van der Waals surface area (Å²) in [4.78, 5) is 5.79. The summed E-state index contributed by atoms with van der Waals surface area (Å²) >= 11 is 5.26. The third-order valence-electron chi connectivity index (χ3n) is 2.43. The van der Waals surface area contributed by atoms with E-state index in [1.807, 2.05) is 18.2 Å². The predicted molar refractivity (Wildman–Crippen MR) is 82.4 cm³/mol. The van der Waals surface area contributed by atoms with Gasteiger partial charge in [-0.25, -0.2) is 4.98 Å². The number of rotatable bonds is 6. The van der Waals surface area contributed by atoms with E-state index in [2.05, 4.69) is 49.9 Å². The fourth-order valence-electron chi connectivity index (χ4n) is 1.51. The lowest BCUT2D eigenvalue weighted by molar-refractivity contribution is 0.968. The number of hydrogen-bond donors (Lipinski definition) is 2. The van der Waals surface area contributed by atoms with Crippen molar-refractivity contribution in [2.75, 3.05) is 17.2 Å². The molecular formula is C13H16BrN3S. The summed E-state index contributed by atoms with van der Waals surface area (Å²) in [5.41, 5.74) is 0. The van der Waals surface area contributed by atoms with Crippen molar-refractivity contribution < 1.29 is 0 Å². The molecule has 0 atom stereocenters. The Balaban J connectivity index is 1.95. The van der Waals surface area contributed by atoms with Crippen LogP contribution in [0.3, 0.4) is 0 Å². The Labute approximate surface area is 120 Å². The van der Waals surface area contributed by atoms with Crippen LogP contribution in [0.5, 0.6) is 0 Å². The summed E-state index contributed by atoms with van der Waals surface area (Å²) in [6, 6.07) is 8.05. The van der Waals surface area contributed by atoms with Gasteiger partial charge >= 0.3 is 0 Å². The van der Waals surface area contributed by atoms with E-state index in [1.54, 1.807) is 11.3 Å². The molecule has 0 aromatic carbocycles. The highest BCUT2D eigenvalue weighted by atomic mass is 79.9. The van der Waals surface area contributed by atoms with Crippen LogP contribution >= 0.6 is 27.3 Å². The first-order valence-electron chi connectivity index (χ1n) is 5.96. The zero-order chi connectivity index (χ0) is 12.8. The Bertz CT molecular complexity index is 498.